The van der Waals surface area contributed by atoms with Gasteiger partial charge in [-0.15, -0.1) is 11.6 Å². The third-order valence-corrected chi connectivity index (χ3v) is 2.46. The first-order valence-corrected chi connectivity index (χ1v) is 5.03. The van der Waals surface area contributed by atoms with Crippen LogP contribution >= 0.6 is 11.6 Å². The smallest absolute Gasteiger partial charge is 0.263 e. The van der Waals surface area contributed by atoms with Crippen molar-refractivity contribution in [3.05, 3.63) is 34.9 Å². The number of hydrogen-bond acceptors (Lipinski definition) is 1. The van der Waals surface area contributed by atoms with Crippen LogP contribution in [0.3, 0.4) is 0 Å². The first kappa shape index (κ1) is 12.1. The summed E-state index contributed by atoms with van der Waals surface area (Å²) in [6.07, 6.45) is -2.38. The van der Waals surface area contributed by atoms with Gasteiger partial charge in [0.15, 0.2) is 5.78 Å². The molecule has 0 fully saturated rings. The second-order valence-electron chi connectivity index (χ2n) is 3.34. The van der Waals surface area contributed by atoms with E-state index in [-0.39, 0.29) is 23.6 Å². The number of carbonyl (C=O) groups excluding carboxylic acids is 1. The zero-order valence-electron chi connectivity index (χ0n) is 8.27. The molecule has 4 heteroatoms. The normalized spacial score (nSPS) is 10.7. The molecular formula is C11H11ClF2O. The summed E-state index contributed by atoms with van der Waals surface area (Å²) in [6, 6.07) is 4.33. The van der Waals surface area contributed by atoms with Crippen molar-refractivity contribution in [3.8, 4) is 0 Å². The highest BCUT2D eigenvalue weighted by Crippen LogP contribution is 2.22. The fourth-order valence-electron chi connectivity index (χ4n) is 1.28. The summed E-state index contributed by atoms with van der Waals surface area (Å²) in [5.74, 6) is -0.246. The second kappa shape index (κ2) is 5.21. The van der Waals surface area contributed by atoms with E-state index < -0.39 is 6.43 Å². The number of carbonyl (C=O) groups is 1. The summed E-state index contributed by atoms with van der Waals surface area (Å²) in [7, 11) is 0. The van der Waals surface area contributed by atoms with E-state index in [1.165, 1.54) is 12.1 Å². The van der Waals surface area contributed by atoms with E-state index in [4.69, 9.17) is 11.6 Å². The number of halogens is 3. The van der Waals surface area contributed by atoms with Crippen LogP contribution in [0.4, 0.5) is 8.78 Å². The van der Waals surface area contributed by atoms with Gasteiger partial charge in [0, 0.05) is 12.0 Å². The second-order valence-corrected chi connectivity index (χ2v) is 3.60. The average Bonchev–Trinajstić information content (AvgIpc) is 2.20. The van der Waals surface area contributed by atoms with E-state index in [2.05, 4.69) is 0 Å². The number of rotatable bonds is 4. The molecule has 0 bridgehead atoms. The van der Waals surface area contributed by atoms with E-state index in [1.54, 1.807) is 13.0 Å². The van der Waals surface area contributed by atoms with Crippen molar-refractivity contribution in [1.29, 1.82) is 0 Å². The fourth-order valence-corrected chi connectivity index (χ4v) is 1.37. The third kappa shape index (κ3) is 3.27. The summed E-state index contributed by atoms with van der Waals surface area (Å²) in [4.78, 5) is 11.1. The quantitative estimate of drug-likeness (QED) is 0.728. The molecule has 1 rings (SSSR count). The highest BCUT2D eigenvalue weighted by Gasteiger charge is 2.11. The lowest BCUT2D eigenvalue weighted by atomic mass is 10.0. The molecule has 0 unspecified atom stereocenters. The zero-order valence-corrected chi connectivity index (χ0v) is 9.02. The van der Waals surface area contributed by atoms with Gasteiger partial charge >= 0.3 is 0 Å². The summed E-state index contributed by atoms with van der Waals surface area (Å²) >= 11 is 5.36. The molecule has 0 aromatic heterocycles. The van der Waals surface area contributed by atoms with Gasteiger partial charge in [0.1, 0.15) is 0 Å². The van der Waals surface area contributed by atoms with Gasteiger partial charge in [-0.25, -0.2) is 8.78 Å². The summed E-state index contributed by atoms with van der Waals surface area (Å²) in [5, 5.41) is 0. The zero-order chi connectivity index (χ0) is 11.4. The minimum atomic E-state index is -2.50. The molecule has 0 saturated heterocycles. The maximum atomic E-state index is 12.4. The molecule has 15 heavy (non-hydrogen) atoms. The van der Waals surface area contributed by atoms with Crippen LogP contribution in [0.15, 0.2) is 18.2 Å². The van der Waals surface area contributed by atoms with Crippen LogP contribution in [0.25, 0.3) is 0 Å². The molecule has 0 saturated carbocycles. The molecule has 0 atom stereocenters. The van der Waals surface area contributed by atoms with E-state index >= 15 is 0 Å². The van der Waals surface area contributed by atoms with Gasteiger partial charge in [-0.1, -0.05) is 12.1 Å². The molecule has 0 amide bonds. The van der Waals surface area contributed by atoms with Crippen molar-refractivity contribution in [1.82, 2.24) is 0 Å². The van der Waals surface area contributed by atoms with Gasteiger partial charge in [0.2, 0.25) is 0 Å². The SMILES string of the molecule is Cc1ccc(C(F)F)cc1CC(=O)CCl. The molecule has 0 aliphatic rings. The molecule has 0 aliphatic carbocycles. The first-order valence-electron chi connectivity index (χ1n) is 4.50. The van der Waals surface area contributed by atoms with Crippen LogP contribution in [0.5, 0.6) is 0 Å². The van der Waals surface area contributed by atoms with E-state index in [0.29, 0.717) is 5.56 Å². The Labute approximate surface area is 92.1 Å². The van der Waals surface area contributed by atoms with Gasteiger partial charge in [-0.3, -0.25) is 4.79 Å². The van der Waals surface area contributed by atoms with Crippen LogP contribution in [0.1, 0.15) is 23.1 Å². The number of alkyl halides is 3. The van der Waals surface area contributed by atoms with E-state index in [9.17, 15) is 13.6 Å². The molecule has 0 spiro atoms. The van der Waals surface area contributed by atoms with E-state index in [1.807, 2.05) is 0 Å². The predicted molar refractivity (Wildman–Crippen MR) is 55.6 cm³/mol. The molecule has 1 nitrogen and oxygen atoms in total. The van der Waals surface area contributed by atoms with Gasteiger partial charge in [0.05, 0.1) is 5.88 Å². The summed E-state index contributed by atoms with van der Waals surface area (Å²) < 4.78 is 24.8. The summed E-state index contributed by atoms with van der Waals surface area (Å²) in [5.41, 5.74) is 1.40. The number of aryl methyl sites for hydroxylation is 1. The van der Waals surface area contributed by atoms with Crippen molar-refractivity contribution < 1.29 is 13.6 Å². The van der Waals surface area contributed by atoms with Gasteiger partial charge in [-0.05, 0) is 24.1 Å². The van der Waals surface area contributed by atoms with Gasteiger partial charge in [0.25, 0.3) is 6.43 Å². The molecule has 0 N–H and O–H groups in total. The predicted octanol–water partition coefficient (Wildman–Crippen LogP) is 3.28. The van der Waals surface area contributed by atoms with E-state index in [0.717, 1.165) is 5.56 Å². The number of ketones is 1. The largest absolute Gasteiger partial charge is 0.298 e. The Bertz CT molecular complexity index is 364. The van der Waals surface area contributed by atoms with Crippen LogP contribution in [-0.2, 0) is 11.2 Å². The summed E-state index contributed by atoms with van der Waals surface area (Å²) in [6.45, 7) is 1.78. The number of hydrogen-bond donors (Lipinski definition) is 0. The Balaban J connectivity index is 2.95. The van der Waals surface area contributed by atoms with Crippen molar-refractivity contribution in [3.63, 3.8) is 0 Å². The lowest BCUT2D eigenvalue weighted by Gasteiger charge is -2.07. The fraction of sp³-hybridized carbons (Fsp3) is 0.364. The molecule has 1 aromatic rings. The Morgan fingerprint density at radius 3 is 2.67 bits per heavy atom. The molecule has 0 aliphatic heterocycles. The lowest BCUT2D eigenvalue weighted by Crippen LogP contribution is -2.05. The van der Waals surface area contributed by atoms with Crippen molar-refractivity contribution in [2.75, 3.05) is 5.88 Å². The highest BCUT2D eigenvalue weighted by atomic mass is 35.5. The van der Waals surface area contributed by atoms with Crippen LogP contribution in [0, 0.1) is 6.92 Å². The monoisotopic (exact) mass is 232 g/mol. The Kier molecular flexibility index (Phi) is 4.21. The first-order chi connectivity index (χ1) is 7.04. The standard InChI is InChI=1S/C11H11ClF2O/c1-7-2-3-8(11(13)14)4-9(7)5-10(15)6-12/h2-4,11H,5-6H2,1H3. The average molecular weight is 233 g/mol. The minimum absolute atomic E-state index is 0.0574. The van der Waals surface area contributed by atoms with Crippen LogP contribution in [0.2, 0.25) is 0 Å². The van der Waals surface area contributed by atoms with Crippen molar-refractivity contribution >= 4 is 17.4 Å². The lowest BCUT2D eigenvalue weighted by molar-refractivity contribution is -0.116. The molecular weight excluding hydrogens is 222 g/mol. The minimum Gasteiger partial charge on any atom is -0.298 e. The maximum absolute atomic E-state index is 12.4. The molecule has 1 aromatic carbocycles. The maximum Gasteiger partial charge on any atom is 0.263 e. The molecule has 0 radical (unpaired) electrons. The Morgan fingerprint density at radius 2 is 2.13 bits per heavy atom. The van der Waals surface area contributed by atoms with Crippen LogP contribution < -0.4 is 0 Å². The third-order valence-electron chi connectivity index (χ3n) is 2.16. The Hall–Kier alpha value is -0.960. The Morgan fingerprint density at radius 1 is 1.47 bits per heavy atom. The van der Waals surface area contributed by atoms with Crippen molar-refractivity contribution in [2.45, 2.75) is 19.8 Å². The highest BCUT2D eigenvalue weighted by molar-refractivity contribution is 6.27. The number of Topliss-reactive ketones (excluding diaryl/α,β-unsaturated/α-hetero) is 1. The van der Waals surface area contributed by atoms with Gasteiger partial charge in [-0.2, -0.15) is 0 Å². The molecule has 0 heterocycles. The topological polar surface area (TPSA) is 17.1 Å². The van der Waals surface area contributed by atoms with Crippen molar-refractivity contribution in [2.24, 2.45) is 0 Å². The van der Waals surface area contributed by atoms with Crippen LogP contribution in [-0.4, -0.2) is 11.7 Å². The molecule has 82 valence electrons. The number of benzene rings is 1. The van der Waals surface area contributed by atoms with Gasteiger partial charge < -0.3 is 0 Å².